The van der Waals surface area contributed by atoms with Gasteiger partial charge < -0.3 is 10.0 Å². The van der Waals surface area contributed by atoms with E-state index in [1.165, 1.54) is 22.7 Å². The fraction of sp³-hybridized carbons (Fsp3) is 0.409. The highest BCUT2D eigenvalue weighted by Crippen LogP contribution is 2.49. The van der Waals surface area contributed by atoms with E-state index >= 15 is 0 Å². The molecule has 2 bridgehead atoms. The predicted molar refractivity (Wildman–Crippen MR) is 107 cm³/mol. The molecule has 0 spiro atoms. The SMILES string of the molecule is O=C(C[NH+]1C2CCC1CC(O)C2)N1c2ccccc2Sc2ccc(C(F)(F)F)cc21. The molecule has 2 aromatic carbocycles. The van der Waals surface area contributed by atoms with Crippen molar-refractivity contribution < 1.29 is 28.0 Å². The van der Waals surface area contributed by atoms with Crippen LogP contribution in [0.5, 0.6) is 0 Å². The van der Waals surface area contributed by atoms with Gasteiger partial charge in [0.15, 0.2) is 6.54 Å². The molecule has 1 amide bonds. The van der Waals surface area contributed by atoms with Gasteiger partial charge in [-0.05, 0) is 30.3 Å². The number of para-hydroxylation sites is 1. The fourth-order valence-electron chi connectivity index (χ4n) is 5.14. The third-order valence-corrected chi connectivity index (χ3v) is 7.61. The van der Waals surface area contributed by atoms with E-state index in [4.69, 9.17) is 0 Å². The van der Waals surface area contributed by atoms with Gasteiger partial charge in [-0.15, -0.1) is 0 Å². The van der Waals surface area contributed by atoms with E-state index in [1.807, 2.05) is 12.1 Å². The van der Waals surface area contributed by atoms with Crippen molar-refractivity contribution in [3.05, 3.63) is 48.0 Å². The molecule has 2 saturated heterocycles. The predicted octanol–water partition coefficient (Wildman–Crippen LogP) is 3.41. The second-order valence-corrected chi connectivity index (χ2v) is 9.41. The van der Waals surface area contributed by atoms with Crippen molar-refractivity contribution in [2.24, 2.45) is 0 Å². The summed E-state index contributed by atoms with van der Waals surface area (Å²) in [6.45, 7) is 0.219. The smallest absolute Gasteiger partial charge is 0.393 e. The topological polar surface area (TPSA) is 45.0 Å². The molecule has 3 aliphatic rings. The van der Waals surface area contributed by atoms with E-state index in [-0.39, 0.29) is 30.6 Å². The number of carbonyl (C=O) groups excluding carboxylic acids is 1. The summed E-state index contributed by atoms with van der Waals surface area (Å²) in [4.78, 5) is 17.6. The van der Waals surface area contributed by atoms with Crippen molar-refractivity contribution in [3.8, 4) is 0 Å². The molecule has 4 nitrogen and oxygen atoms in total. The van der Waals surface area contributed by atoms with Gasteiger partial charge in [-0.25, -0.2) is 0 Å². The Balaban J connectivity index is 1.52. The quantitative estimate of drug-likeness (QED) is 0.760. The first-order chi connectivity index (χ1) is 14.3. The van der Waals surface area contributed by atoms with Gasteiger partial charge in [0.1, 0.15) is 0 Å². The molecule has 0 aliphatic carbocycles. The summed E-state index contributed by atoms with van der Waals surface area (Å²) in [6.07, 6.45) is -1.47. The molecule has 3 heterocycles. The van der Waals surface area contributed by atoms with Gasteiger partial charge in [0.25, 0.3) is 5.91 Å². The number of halogens is 3. The molecule has 2 aromatic rings. The summed E-state index contributed by atoms with van der Waals surface area (Å²) in [5.41, 5.74) is 0.165. The largest absolute Gasteiger partial charge is 0.416 e. The minimum absolute atomic E-state index is 0.202. The van der Waals surface area contributed by atoms with Crippen molar-refractivity contribution >= 4 is 29.0 Å². The van der Waals surface area contributed by atoms with Crippen molar-refractivity contribution in [3.63, 3.8) is 0 Å². The third-order valence-electron chi connectivity index (χ3n) is 6.48. The number of alkyl halides is 3. The van der Waals surface area contributed by atoms with Crippen LogP contribution in [0.3, 0.4) is 0 Å². The zero-order valence-electron chi connectivity index (χ0n) is 16.2. The molecule has 5 rings (SSSR count). The van der Waals surface area contributed by atoms with Crippen LogP contribution < -0.4 is 9.80 Å². The van der Waals surface area contributed by atoms with Gasteiger partial charge in [-0.1, -0.05) is 23.9 Å². The van der Waals surface area contributed by atoms with Gasteiger partial charge >= 0.3 is 6.18 Å². The van der Waals surface area contributed by atoms with Crippen LogP contribution in [0.15, 0.2) is 52.3 Å². The van der Waals surface area contributed by atoms with E-state index in [1.54, 1.807) is 12.1 Å². The van der Waals surface area contributed by atoms with Gasteiger partial charge in [0, 0.05) is 35.5 Å². The lowest BCUT2D eigenvalue weighted by Gasteiger charge is -2.36. The molecule has 2 fully saturated rings. The number of carbonyl (C=O) groups is 1. The van der Waals surface area contributed by atoms with Crippen LogP contribution in [0.1, 0.15) is 31.2 Å². The molecule has 3 aliphatic heterocycles. The zero-order valence-corrected chi connectivity index (χ0v) is 17.0. The highest BCUT2D eigenvalue weighted by molar-refractivity contribution is 7.99. The van der Waals surface area contributed by atoms with E-state index in [9.17, 15) is 23.1 Å². The molecular formula is C22H22F3N2O2S+. The Kier molecular flexibility index (Phi) is 4.83. The Bertz CT molecular complexity index is 983. The number of hydrogen-bond acceptors (Lipinski definition) is 3. The van der Waals surface area contributed by atoms with Crippen LogP contribution in [-0.2, 0) is 11.0 Å². The molecule has 8 heteroatoms. The maximum atomic E-state index is 13.5. The number of fused-ring (bicyclic) bond motifs is 4. The lowest BCUT2D eigenvalue weighted by atomic mass is 10.00. The van der Waals surface area contributed by atoms with Gasteiger partial charge in [0.2, 0.25) is 0 Å². The number of aliphatic hydroxyl groups excluding tert-OH is 1. The van der Waals surface area contributed by atoms with Crippen LogP contribution in [0.4, 0.5) is 24.5 Å². The van der Waals surface area contributed by atoms with Crippen LogP contribution in [-0.4, -0.2) is 35.7 Å². The number of aliphatic hydroxyl groups is 1. The first-order valence-corrected chi connectivity index (χ1v) is 11.0. The molecule has 0 aromatic heterocycles. The molecule has 2 atom stereocenters. The highest BCUT2D eigenvalue weighted by atomic mass is 32.2. The van der Waals surface area contributed by atoms with E-state index in [2.05, 4.69) is 0 Å². The second-order valence-electron chi connectivity index (χ2n) is 8.33. The molecule has 2 unspecified atom stereocenters. The number of nitrogens with one attached hydrogen (secondary N) is 1. The molecule has 0 radical (unpaired) electrons. The summed E-state index contributed by atoms with van der Waals surface area (Å²) in [6, 6.07) is 11.4. The summed E-state index contributed by atoms with van der Waals surface area (Å²) in [7, 11) is 0. The monoisotopic (exact) mass is 435 g/mol. The highest BCUT2D eigenvalue weighted by Gasteiger charge is 2.46. The first kappa shape index (κ1) is 19.9. The van der Waals surface area contributed by atoms with Crippen molar-refractivity contribution in [1.82, 2.24) is 0 Å². The number of amides is 1. The van der Waals surface area contributed by atoms with Crippen molar-refractivity contribution in [2.75, 3.05) is 11.4 Å². The number of piperidine rings is 1. The maximum Gasteiger partial charge on any atom is 0.416 e. The maximum absolute atomic E-state index is 13.5. The molecule has 2 N–H and O–H groups in total. The van der Waals surface area contributed by atoms with Gasteiger partial charge in [-0.3, -0.25) is 9.69 Å². The van der Waals surface area contributed by atoms with Crippen LogP contribution in [0.2, 0.25) is 0 Å². The van der Waals surface area contributed by atoms with Crippen molar-refractivity contribution in [1.29, 1.82) is 0 Å². The lowest BCUT2D eigenvalue weighted by molar-refractivity contribution is -0.934. The summed E-state index contributed by atoms with van der Waals surface area (Å²) < 4.78 is 40.1. The molecule has 30 heavy (non-hydrogen) atoms. The van der Waals surface area contributed by atoms with Gasteiger partial charge in [-0.2, -0.15) is 13.2 Å². The average molecular weight is 435 g/mol. The van der Waals surface area contributed by atoms with E-state index < -0.39 is 11.7 Å². The van der Waals surface area contributed by atoms with Gasteiger partial charge in [0.05, 0.1) is 35.1 Å². The van der Waals surface area contributed by atoms with Crippen LogP contribution >= 0.6 is 11.8 Å². The van der Waals surface area contributed by atoms with Crippen LogP contribution in [0, 0.1) is 0 Å². The fourth-order valence-corrected chi connectivity index (χ4v) is 6.18. The standard InChI is InChI=1S/C22H21F3N2O2S/c23-22(24,25)13-5-8-20-18(9-13)27(17-3-1-2-4-19(17)30-20)21(29)12-26-14-6-7-15(26)11-16(28)10-14/h1-5,8-9,14-16,28H,6-7,10-12H2/p+1. The summed E-state index contributed by atoms with van der Waals surface area (Å²) >= 11 is 1.38. The molecular weight excluding hydrogens is 413 g/mol. The van der Waals surface area contributed by atoms with Crippen molar-refractivity contribution in [2.45, 2.75) is 59.8 Å². The van der Waals surface area contributed by atoms with E-state index in [0.717, 1.165) is 34.8 Å². The Morgan fingerprint density at radius 3 is 2.43 bits per heavy atom. The normalized spacial score (nSPS) is 27.5. The Morgan fingerprint density at radius 1 is 1.07 bits per heavy atom. The summed E-state index contributed by atoms with van der Waals surface area (Å²) in [5.74, 6) is -0.202. The Morgan fingerprint density at radius 2 is 1.73 bits per heavy atom. The molecule has 0 saturated carbocycles. The number of rotatable bonds is 2. The number of nitrogens with zero attached hydrogens (tertiary/aromatic N) is 1. The lowest BCUT2D eigenvalue weighted by Crippen LogP contribution is -3.19. The first-order valence-electron chi connectivity index (χ1n) is 10.2. The Labute approximate surface area is 176 Å². The minimum atomic E-state index is -4.47. The van der Waals surface area contributed by atoms with Crippen LogP contribution in [0.25, 0.3) is 0 Å². The summed E-state index contributed by atoms with van der Waals surface area (Å²) in [5, 5.41) is 10.0. The second kappa shape index (κ2) is 7.28. The third kappa shape index (κ3) is 3.40. The number of anilines is 2. The Hall–Kier alpha value is -2.03. The average Bonchev–Trinajstić information content (AvgIpc) is 2.93. The number of quaternary nitrogens is 1. The number of benzene rings is 2. The zero-order chi connectivity index (χ0) is 21.0. The molecule has 158 valence electrons. The minimum Gasteiger partial charge on any atom is -0.393 e. The number of hydrogen-bond donors (Lipinski definition) is 2. The van der Waals surface area contributed by atoms with E-state index in [0.29, 0.717) is 29.1 Å².